The SMILES string of the molecule is C#CCOc1cccc(C(NC)OC(C)CC)c1. The van der Waals surface area contributed by atoms with Crippen molar-refractivity contribution in [1.82, 2.24) is 5.32 Å². The Morgan fingerprint density at radius 2 is 2.22 bits per heavy atom. The maximum absolute atomic E-state index is 5.89. The Kier molecular flexibility index (Phi) is 6.27. The molecule has 98 valence electrons. The van der Waals surface area contributed by atoms with Gasteiger partial charge in [-0.15, -0.1) is 6.42 Å². The van der Waals surface area contributed by atoms with E-state index in [-0.39, 0.29) is 18.9 Å². The van der Waals surface area contributed by atoms with Crippen molar-refractivity contribution in [2.75, 3.05) is 13.7 Å². The van der Waals surface area contributed by atoms with Crippen LogP contribution in [-0.4, -0.2) is 19.8 Å². The second-order valence-corrected chi connectivity index (χ2v) is 4.09. The molecule has 2 atom stereocenters. The predicted molar refractivity (Wildman–Crippen MR) is 73.4 cm³/mol. The zero-order valence-electron chi connectivity index (χ0n) is 11.3. The van der Waals surface area contributed by atoms with Gasteiger partial charge in [0.1, 0.15) is 18.6 Å². The molecule has 0 aromatic heterocycles. The van der Waals surface area contributed by atoms with Gasteiger partial charge >= 0.3 is 0 Å². The van der Waals surface area contributed by atoms with Gasteiger partial charge in [0.25, 0.3) is 0 Å². The van der Waals surface area contributed by atoms with Crippen LogP contribution in [0.4, 0.5) is 0 Å². The van der Waals surface area contributed by atoms with Crippen molar-refractivity contribution in [3.8, 4) is 18.1 Å². The van der Waals surface area contributed by atoms with E-state index in [1.165, 1.54) is 0 Å². The molecule has 3 nitrogen and oxygen atoms in total. The summed E-state index contributed by atoms with van der Waals surface area (Å²) >= 11 is 0. The van der Waals surface area contributed by atoms with E-state index in [1.54, 1.807) is 0 Å². The molecule has 18 heavy (non-hydrogen) atoms. The number of benzene rings is 1. The van der Waals surface area contributed by atoms with Crippen LogP contribution >= 0.6 is 0 Å². The minimum absolute atomic E-state index is 0.130. The van der Waals surface area contributed by atoms with Gasteiger partial charge in [-0.1, -0.05) is 25.0 Å². The summed E-state index contributed by atoms with van der Waals surface area (Å²) in [6, 6.07) is 7.77. The average Bonchev–Trinajstić information content (AvgIpc) is 2.42. The fourth-order valence-corrected chi connectivity index (χ4v) is 1.53. The molecule has 3 heteroatoms. The number of ether oxygens (including phenoxy) is 2. The summed E-state index contributed by atoms with van der Waals surface area (Å²) in [5.41, 5.74) is 1.03. The van der Waals surface area contributed by atoms with Gasteiger partial charge in [0.05, 0.1) is 6.10 Å². The molecule has 2 unspecified atom stereocenters. The van der Waals surface area contributed by atoms with Gasteiger partial charge in [-0.25, -0.2) is 0 Å². The minimum atomic E-state index is -0.130. The molecule has 0 amide bonds. The van der Waals surface area contributed by atoms with E-state index >= 15 is 0 Å². The van der Waals surface area contributed by atoms with Gasteiger partial charge in [-0.2, -0.15) is 0 Å². The molecule has 0 bridgehead atoms. The second kappa shape index (κ2) is 7.75. The first-order valence-corrected chi connectivity index (χ1v) is 6.20. The third-order valence-electron chi connectivity index (χ3n) is 2.69. The van der Waals surface area contributed by atoms with E-state index in [0.717, 1.165) is 17.7 Å². The molecule has 1 N–H and O–H groups in total. The van der Waals surface area contributed by atoms with E-state index < -0.39 is 0 Å². The maximum Gasteiger partial charge on any atom is 0.148 e. The molecular formula is C15H21NO2. The summed E-state index contributed by atoms with van der Waals surface area (Å²) < 4.78 is 11.3. The molecule has 0 saturated carbocycles. The first kappa shape index (κ1) is 14.6. The Morgan fingerprint density at radius 1 is 1.44 bits per heavy atom. The van der Waals surface area contributed by atoms with E-state index in [4.69, 9.17) is 15.9 Å². The van der Waals surface area contributed by atoms with Gasteiger partial charge in [0.15, 0.2) is 0 Å². The Balaban J connectivity index is 2.76. The normalized spacial score (nSPS) is 13.7. The molecule has 0 aliphatic heterocycles. The lowest BCUT2D eigenvalue weighted by Crippen LogP contribution is -2.23. The first-order chi connectivity index (χ1) is 8.71. The molecule has 0 saturated heterocycles. The molecule has 0 fully saturated rings. The molecule has 1 aromatic rings. The zero-order chi connectivity index (χ0) is 13.4. The number of terminal acetylenes is 1. The molecule has 0 heterocycles. The second-order valence-electron chi connectivity index (χ2n) is 4.09. The smallest absolute Gasteiger partial charge is 0.148 e. The van der Waals surface area contributed by atoms with Crippen LogP contribution in [0.5, 0.6) is 5.75 Å². The van der Waals surface area contributed by atoms with Gasteiger partial charge in [-0.3, -0.25) is 5.32 Å². The highest BCUT2D eigenvalue weighted by Crippen LogP contribution is 2.21. The number of hydrogen-bond donors (Lipinski definition) is 1. The van der Waals surface area contributed by atoms with Crippen LogP contribution in [0, 0.1) is 12.3 Å². The van der Waals surface area contributed by atoms with Crippen molar-refractivity contribution in [3.05, 3.63) is 29.8 Å². The third kappa shape index (κ3) is 4.40. The zero-order valence-corrected chi connectivity index (χ0v) is 11.3. The van der Waals surface area contributed by atoms with Crippen molar-refractivity contribution < 1.29 is 9.47 Å². The maximum atomic E-state index is 5.89. The van der Waals surface area contributed by atoms with Crippen molar-refractivity contribution in [2.45, 2.75) is 32.6 Å². The Hall–Kier alpha value is -1.50. The molecule has 0 radical (unpaired) electrons. The molecule has 0 aliphatic carbocycles. The van der Waals surface area contributed by atoms with Gasteiger partial charge < -0.3 is 9.47 Å². The Bertz CT molecular complexity index is 398. The van der Waals surface area contributed by atoms with Crippen LogP contribution in [0.25, 0.3) is 0 Å². The molecule has 1 aromatic carbocycles. The van der Waals surface area contributed by atoms with Crippen LogP contribution in [0.15, 0.2) is 24.3 Å². The largest absolute Gasteiger partial charge is 0.481 e. The summed E-state index contributed by atoms with van der Waals surface area (Å²) in [6.45, 7) is 4.44. The van der Waals surface area contributed by atoms with Gasteiger partial charge in [0.2, 0.25) is 0 Å². The Labute approximate surface area is 109 Å². The molecular weight excluding hydrogens is 226 g/mol. The highest BCUT2D eigenvalue weighted by Gasteiger charge is 2.13. The minimum Gasteiger partial charge on any atom is -0.481 e. The lowest BCUT2D eigenvalue weighted by atomic mass is 10.2. The van der Waals surface area contributed by atoms with Crippen molar-refractivity contribution in [2.24, 2.45) is 0 Å². The van der Waals surface area contributed by atoms with E-state index in [2.05, 4.69) is 25.1 Å². The third-order valence-corrected chi connectivity index (χ3v) is 2.69. The van der Waals surface area contributed by atoms with Crippen molar-refractivity contribution >= 4 is 0 Å². The Morgan fingerprint density at radius 3 is 2.83 bits per heavy atom. The molecule has 0 spiro atoms. The average molecular weight is 247 g/mol. The van der Waals surface area contributed by atoms with Gasteiger partial charge in [0, 0.05) is 0 Å². The van der Waals surface area contributed by atoms with Crippen LogP contribution in [0.3, 0.4) is 0 Å². The number of hydrogen-bond acceptors (Lipinski definition) is 3. The standard InChI is InChI=1S/C15H21NO2/c1-5-10-17-14-9-7-8-13(11-14)15(16-4)18-12(3)6-2/h1,7-9,11-12,15-16H,6,10H2,2-4H3. The highest BCUT2D eigenvalue weighted by molar-refractivity contribution is 5.30. The molecule has 0 aliphatic rings. The topological polar surface area (TPSA) is 30.5 Å². The number of rotatable bonds is 7. The lowest BCUT2D eigenvalue weighted by molar-refractivity contribution is -0.0203. The van der Waals surface area contributed by atoms with Crippen LogP contribution in [0.2, 0.25) is 0 Å². The van der Waals surface area contributed by atoms with E-state index in [1.807, 2.05) is 31.3 Å². The summed E-state index contributed by atoms with van der Waals surface area (Å²) in [6.07, 6.45) is 6.23. The number of nitrogens with one attached hydrogen (secondary N) is 1. The quantitative estimate of drug-likeness (QED) is 0.593. The summed E-state index contributed by atoms with van der Waals surface area (Å²) in [7, 11) is 1.88. The van der Waals surface area contributed by atoms with Crippen LogP contribution in [0.1, 0.15) is 32.1 Å². The fraction of sp³-hybridized carbons (Fsp3) is 0.467. The van der Waals surface area contributed by atoms with Crippen LogP contribution < -0.4 is 10.1 Å². The fourth-order valence-electron chi connectivity index (χ4n) is 1.53. The first-order valence-electron chi connectivity index (χ1n) is 6.20. The van der Waals surface area contributed by atoms with Crippen molar-refractivity contribution in [3.63, 3.8) is 0 Å². The summed E-state index contributed by atoms with van der Waals surface area (Å²) in [5, 5.41) is 3.15. The van der Waals surface area contributed by atoms with Crippen molar-refractivity contribution in [1.29, 1.82) is 0 Å². The summed E-state index contributed by atoms with van der Waals surface area (Å²) in [5.74, 6) is 3.21. The van der Waals surface area contributed by atoms with Crippen LogP contribution in [-0.2, 0) is 4.74 Å². The van der Waals surface area contributed by atoms with E-state index in [9.17, 15) is 0 Å². The monoisotopic (exact) mass is 247 g/mol. The van der Waals surface area contributed by atoms with E-state index in [0.29, 0.717) is 0 Å². The lowest BCUT2D eigenvalue weighted by Gasteiger charge is -2.22. The highest BCUT2D eigenvalue weighted by atomic mass is 16.5. The summed E-state index contributed by atoms with van der Waals surface area (Å²) in [4.78, 5) is 0. The van der Waals surface area contributed by atoms with Gasteiger partial charge in [-0.05, 0) is 38.1 Å². The predicted octanol–water partition coefficient (Wildman–Crippen LogP) is 2.73. The molecule has 1 rings (SSSR count).